The van der Waals surface area contributed by atoms with Gasteiger partial charge in [0, 0.05) is 18.2 Å². The zero-order chi connectivity index (χ0) is 17.6. The van der Waals surface area contributed by atoms with E-state index in [1.54, 1.807) is 19.5 Å². The van der Waals surface area contributed by atoms with Gasteiger partial charge in [-0.2, -0.15) is 5.10 Å². The molecule has 2 amide bonds. The van der Waals surface area contributed by atoms with E-state index in [-0.39, 0.29) is 18.2 Å². The summed E-state index contributed by atoms with van der Waals surface area (Å²) in [7, 11) is 1.63. The number of nitrogens with one attached hydrogen (secondary N) is 3. The van der Waals surface area contributed by atoms with Gasteiger partial charge in [-0.25, -0.2) is 4.79 Å². The average molecular weight is 343 g/mol. The van der Waals surface area contributed by atoms with E-state index in [0.717, 1.165) is 22.6 Å². The Morgan fingerprint density at radius 2 is 2.24 bits per heavy atom. The lowest BCUT2D eigenvalue weighted by atomic mass is 10.0. The number of methoxy groups -OCH3 is 1. The number of urea groups is 1. The fraction of sp³-hybridized carbons (Fsp3) is 0.353. The Morgan fingerprint density at radius 1 is 1.44 bits per heavy atom. The highest BCUT2D eigenvalue weighted by molar-refractivity contribution is 6.01. The van der Waals surface area contributed by atoms with Gasteiger partial charge < -0.3 is 20.2 Å². The zero-order valence-electron chi connectivity index (χ0n) is 14.2. The van der Waals surface area contributed by atoms with Crippen molar-refractivity contribution in [3.63, 3.8) is 0 Å². The van der Waals surface area contributed by atoms with Gasteiger partial charge in [0.15, 0.2) is 6.10 Å². The van der Waals surface area contributed by atoms with Crippen LogP contribution in [0.2, 0.25) is 0 Å². The third kappa shape index (κ3) is 4.28. The Balaban J connectivity index is 1.43. The molecule has 25 heavy (non-hydrogen) atoms. The third-order valence-electron chi connectivity index (χ3n) is 4.01. The molecule has 0 unspecified atom stereocenters. The summed E-state index contributed by atoms with van der Waals surface area (Å²) in [6, 6.07) is 7.26. The minimum Gasteiger partial charge on any atom is -0.497 e. The van der Waals surface area contributed by atoms with E-state index in [2.05, 4.69) is 26.0 Å². The molecule has 1 aliphatic rings. The van der Waals surface area contributed by atoms with Crippen molar-refractivity contribution in [2.75, 3.05) is 13.7 Å². The number of rotatable bonds is 6. The summed E-state index contributed by atoms with van der Waals surface area (Å²) >= 11 is 0. The van der Waals surface area contributed by atoms with Gasteiger partial charge in [0.1, 0.15) is 5.75 Å². The van der Waals surface area contributed by atoms with E-state index < -0.39 is 0 Å². The molecule has 0 bridgehead atoms. The number of aromatic nitrogens is 2. The number of carbonyl (C=O) groups is 1. The van der Waals surface area contributed by atoms with Crippen molar-refractivity contribution in [3.05, 3.63) is 47.8 Å². The first-order valence-electron chi connectivity index (χ1n) is 8.06. The maximum atomic E-state index is 12.0. The first-order valence-corrected chi connectivity index (χ1v) is 8.06. The monoisotopic (exact) mass is 343 g/mol. The molecule has 0 fully saturated rings. The summed E-state index contributed by atoms with van der Waals surface area (Å²) in [6.45, 7) is 2.27. The summed E-state index contributed by atoms with van der Waals surface area (Å²) < 4.78 is 5.14. The molecule has 132 valence electrons. The molecule has 1 aliphatic heterocycles. The predicted molar refractivity (Wildman–Crippen MR) is 92.6 cm³/mol. The second-order valence-electron chi connectivity index (χ2n) is 5.81. The molecule has 1 aromatic carbocycles. The number of benzene rings is 1. The van der Waals surface area contributed by atoms with Crippen molar-refractivity contribution in [3.8, 4) is 5.75 Å². The maximum Gasteiger partial charge on any atom is 0.315 e. The van der Waals surface area contributed by atoms with Crippen molar-refractivity contribution in [1.82, 2.24) is 20.8 Å². The van der Waals surface area contributed by atoms with Gasteiger partial charge in [-0.1, -0.05) is 5.16 Å². The van der Waals surface area contributed by atoms with Crippen LogP contribution in [0.25, 0.3) is 0 Å². The fourth-order valence-corrected chi connectivity index (χ4v) is 2.53. The minimum absolute atomic E-state index is 0.130. The van der Waals surface area contributed by atoms with Gasteiger partial charge in [0.2, 0.25) is 0 Å². The quantitative estimate of drug-likeness (QED) is 0.746. The normalized spacial score (nSPS) is 17.4. The molecule has 8 nitrogen and oxygen atoms in total. The smallest absolute Gasteiger partial charge is 0.315 e. The molecule has 0 aliphatic carbocycles. The lowest BCUT2D eigenvalue weighted by Gasteiger charge is -2.14. The van der Waals surface area contributed by atoms with Crippen LogP contribution in [0.3, 0.4) is 0 Å². The summed E-state index contributed by atoms with van der Waals surface area (Å²) in [5.41, 5.74) is 2.76. The Kier molecular flexibility index (Phi) is 5.17. The number of oxime groups is 1. The van der Waals surface area contributed by atoms with Gasteiger partial charge in [-0.3, -0.25) is 5.10 Å². The van der Waals surface area contributed by atoms with Crippen molar-refractivity contribution < 1.29 is 14.4 Å². The van der Waals surface area contributed by atoms with Gasteiger partial charge in [0.05, 0.1) is 31.6 Å². The lowest BCUT2D eigenvalue weighted by molar-refractivity contribution is 0.0864. The van der Waals surface area contributed by atoms with Gasteiger partial charge in [0.25, 0.3) is 0 Å². The zero-order valence-corrected chi connectivity index (χ0v) is 14.2. The Bertz CT molecular complexity index is 727. The van der Waals surface area contributed by atoms with E-state index >= 15 is 0 Å². The summed E-state index contributed by atoms with van der Waals surface area (Å²) in [6.07, 6.45) is 3.90. The van der Waals surface area contributed by atoms with Crippen LogP contribution in [-0.4, -0.2) is 41.7 Å². The SMILES string of the molecule is COc1ccc(C2=NO[C@H](CNC(=O)N[C@H](C)c3cn[nH]c3)C2)cc1. The fourth-order valence-electron chi connectivity index (χ4n) is 2.53. The highest BCUT2D eigenvalue weighted by Gasteiger charge is 2.23. The number of hydrogen-bond acceptors (Lipinski definition) is 5. The molecular formula is C17H21N5O3. The Labute approximate surface area is 145 Å². The molecule has 8 heteroatoms. The average Bonchev–Trinajstić information content (AvgIpc) is 3.32. The Hall–Kier alpha value is -3.03. The van der Waals surface area contributed by atoms with E-state index in [4.69, 9.17) is 9.57 Å². The van der Waals surface area contributed by atoms with Gasteiger partial charge in [-0.05, 0) is 36.8 Å². The van der Waals surface area contributed by atoms with Gasteiger partial charge >= 0.3 is 6.03 Å². The summed E-state index contributed by atoms with van der Waals surface area (Å²) in [5, 5.41) is 16.4. The molecule has 1 aromatic heterocycles. The second kappa shape index (κ2) is 7.69. The molecule has 3 N–H and O–H groups in total. The number of aromatic amines is 1. The van der Waals surface area contributed by atoms with Crippen LogP contribution >= 0.6 is 0 Å². The van der Waals surface area contributed by atoms with Gasteiger partial charge in [-0.15, -0.1) is 0 Å². The first kappa shape index (κ1) is 16.8. The number of nitrogens with zero attached hydrogens (tertiary/aromatic N) is 2. The first-order chi connectivity index (χ1) is 12.2. The summed E-state index contributed by atoms with van der Waals surface area (Å²) in [5.74, 6) is 0.796. The third-order valence-corrected chi connectivity index (χ3v) is 4.01. The number of ether oxygens (including phenoxy) is 1. The van der Waals surface area contributed by atoms with Crippen LogP contribution in [-0.2, 0) is 4.84 Å². The molecule has 0 saturated heterocycles. The molecule has 2 atom stereocenters. The van der Waals surface area contributed by atoms with Crippen LogP contribution < -0.4 is 15.4 Å². The predicted octanol–water partition coefficient (Wildman–Crippen LogP) is 1.97. The van der Waals surface area contributed by atoms with E-state index in [1.165, 1.54) is 0 Å². The van der Waals surface area contributed by atoms with Crippen LogP contribution in [0, 0.1) is 0 Å². The highest BCUT2D eigenvalue weighted by Crippen LogP contribution is 2.19. The van der Waals surface area contributed by atoms with E-state index in [0.29, 0.717) is 13.0 Å². The molecular weight excluding hydrogens is 322 g/mol. The number of amides is 2. The van der Waals surface area contributed by atoms with Crippen LogP contribution in [0.5, 0.6) is 5.75 Å². The molecule has 3 rings (SSSR count). The van der Waals surface area contributed by atoms with Crippen molar-refractivity contribution >= 4 is 11.7 Å². The van der Waals surface area contributed by atoms with E-state index in [1.807, 2.05) is 31.2 Å². The summed E-state index contributed by atoms with van der Waals surface area (Å²) in [4.78, 5) is 17.4. The standard InChI is InChI=1S/C17H21N5O3/c1-11(13-8-19-20-9-13)21-17(23)18-10-15-7-16(22-25-15)12-3-5-14(24-2)6-4-12/h3-6,8-9,11,15H,7,10H2,1-2H3,(H,19,20)(H2,18,21,23)/t11-,15+/m1/s1. The minimum atomic E-state index is -0.254. The second-order valence-corrected chi connectivity index (χ2v) is 5.81. The van der Waals surface area contributed by atoms with E-state index in [9.17, 15) is 4.79 Å². The highest BCUT2D eigenvalue weighted by atomic mass is 16.6. The lowest BCUT2D eigenvalue weighted by Crippen LogP contribution is -2.40. The molecule has 0 radical (unpaired) electrons. The molecule has 0 saturated carbocycles. The Morgan fingerprint density at radius 3 is 2.92 bits per heavy atom. The largest absolute Gasteiger partial charge is 0.497 e. The van der Waals surface area contributed by atoms with Crippen LogP contribution in [0.15, 0.2) is 41.8 Å². The van der Waals surface area contributed by atoms with Crippen LogP contribution in [0.4, 0.5) is 4.79 Å². The van der Waals surface area contributed by atoms with Crippen molar-refractivity contribution in [2.24, 2.45) is 5.16 Å². The maximum absolute atomic E-state index is 12.0. The van der Waals surface area contributed by atoms with Crippen molar-refractivity contribution in [2.45, 2.75) is 25.5 Å². The molecule has 2 heterocycles. The van der Waals surface area contributed by atoms with Crippen LogP contribution in [0.1, 0.15) is 30.5 Å². The number of hydrogen-bond donors (Lipinski definition) is 3. The topological polar surface area (TPSA) is 101 Å². The number of H-pyrrole nitrogens is 1. The number of carbonyl (C=O) groups excluding carboxylic acids is 1. The molecule has 2 aromatic rings. The van der Waals surface area contributed by atoms with Crippen molar-refractivity contribution in [1.29, 1.82) is 0 Å². The molecule has 0 spiro atoms.